The second-order valence-corrected chi connectivity index (χ2v) is 4.73. The van der Waals surface area contributed by atoms with Crippen molar-refractivity contribution in [3.8, 4) is 0 Å². The van der Waals surface area contributed by atoms with Crippen molar-refractivity contribution >= 4 is 23.5 Å². The maximum atomic E-state index is 11.6. The van der Waals surface area contributed by atoms with E-state index in [9.17, 15) is 9.59 Å². The van der Waals surface area contributed by atoms with Crippen LogP contribution in [0.15, 0.2) is 24.7 Å². The molecule has 0 spiro atoms. The highest BCUT2D eigenvalue weighted by atomic mass is 35.5. The quantitative estimate of drug-likeness (QED) is 0.781. The second kappa shape index (κ2) is 6.89. The topological polar surface area (TPSA) is 102 Å². The van der Waals surface area contributed by atoms with Gasteiger partial charge in [-0.15, -0.1) is 0 Å². The summed E-state index contributed by atoms with van der Waals surface area (Å²) in [6.45, 7) is 1.30. The van der Waals surface area contributed by atoms with Gasteiger partial charge < -0.3 is 10.4 Å². The van der Waals surface area contributed by atoms with E-state index in [2.05, 4.69) is 15.5 Å². The summed E-state index contributed by atoms with van der Waals surface area (Å²) >= 11 is 5.72. The number of hydrogen-bond acceptors (Lipinski definition) is 4. The average molecular weight is 312 g/mol. The van der Waals surface area contributed by atoms with Crippen LogP contribution in [0.1, 0.15) is 16.9 Å². The van der Waals surface area contributed by atoms with Crippen molar-refractivity contribution in [2.75, 3.05) is 6.54 Å². The van der Waals surface area contributed by atoms with Crippen molar-refractivity contribution < 1.29 is 14.7 Å². The number of carboxylic acid groups (broad SMARTS) is 1. The fraction of sp³-hybridized carbons (Fsp3) is 0.333. The molecule has 0 atom stereocenters. The van der Waals surface area contributed by atoms with E-state index in [4.69, 9.17) is 16.7 Å². The summed E-state index contributed by atoms with van der Waals surface area (Å²) in [5, 5.41) is 19.8. The van der Waals surface area contributed by atoms with Gasteiger partial charge in [-0.2, -0.15) is 10.2 Å². The van der Waals surface area contributed by atoms with E-state index in [1.165, 1.54) is 23.1 Å². The highest BCUT2D eigenvalue weighted by Gasteiger charge is 2.07. The monoisotopic (exact) mass is 311 g/mol. The number of nitrogens with zero attached hydrogens (tertiary/aromatic N) is 4. The lowest BCUT2D eigenvalue weighted by atomic mass is 10.4. The summed E-state index contributed by atoms with van der Waals surface area (Å²) in [5.41, 5.74) is -0.0361. The minimum absolute atomic E-state index is 0.0361. The van der Waals surface area contributed by atoms with Crippen LogP contribution in [0.25, 0.3) is 0 Å². The Morgan fingerprint density at radius 2 is 2.14 bits per heavy atom. The third kappa shape index (κ3) is 4.60. The Kier molecular flexibility index (Phi) is 4.94. The maximum absolute atomic E-state index is 11.6. The number of aryl methyl sites for hydroxylation is 1. The van der Waals surface area contributed by atoms with Crippen LogP contribution in [0.5, 0.6) is 0 Å². The van der Waals surface area contributed by atoms with Crippen LogP contribution in [0, 0.1) is 0 Å². The first-order valence-corrected chi connectivity index (χ1v) is 6.64. The van der Waals surface area contributed by atoms with Crippen molar-refractivity contribution in [3.63, 3.8) is 0 Å². The number of carbonyl (C=O) groups is 2. The highest BCUT2D eigenvalue weighted by Crippen LogP contribution is 2.03. The highest BCUT2D eigenvalue weighted by molar-refractivity contribution is 6.30. The van der Waals surface area contributed by atoms with Crippen molar-refractivity contribution in [2.24, 2.45) is 0 Å². The van der Waals surface area contributed by atoms with Gasteiger partial charge in [0.25, 0.3) is 0 Å². The Bertz CT molecular complexity index is 636. The molecule has 2 aromatic rings. The molecule has 8 nitrogen and oxygen atoms in total. The van der Waals surface area contributed by atoms with Gasteiger partial charge in [0.2, 0.25) is 5.91 Å². The molecule has 0 aliphatic heterocycles. The Labute approximate surface area is 125 Å². The van der Waals surface area contributed by atoms with Crippen LogP contribution in [0.4, 0.5) is 0 Å². The van der Waals surface area contributed by atoms with E-state index >= 15 is 0 Å². The smallest absolute Gasteiger partial charge is 0.356 e. The number of aromatic carboxylic acids is 1. The van der Waals surface area contributed by atoms with Gasteiger partial charge in [-0.25, -0.2) is 4.79 Å². The predicted octanol–water partition coefficient (Wildman–Crippen LogP) is 0.638. The molecule has 0 unspecified atom stereocenters. The summed E-state index contributed by atoms with van der Waals surface area (Å²) in [6, 6.07) is 1.39. The van der Waals surface area contributed by atoms with Gasteiger partial charge in [-0.05, 0) is 6.07 Å². The van der Waals surface area contributed by atoms with Gasteiger partial charge in [0.1, 0.15) is 0 Å². The minimum Gasteiger partial charge on any atom is -0.476 e. The lowest BCUT2D eigenvalue weighted by molar-refractivity contribution is -0.121. The Hall–Kier alpha value is -2.35. The number of rotatable bonds is 7. The Morgan fingerprint density at radius 1 is 1.33 bits per heavy atom. The molecule has 0 fully saturated rings. The van der Waals surface area contributed by atoms with E-state index in [1.807, 2.05) is 0 Å². The van der Waals surface area contributed by atoms with Crippen LogP contribution in [0.2, 0.25) is 5.02 Å². The molecule has 2 N–H and O–H groups in total. The summed E-state index contributed by atoms with van der Waals surface area (Å²) in [6.07, 6.45) is 4.95. The molecule has 0 saturated carbocycles. The molecular formula is C12H14ClN5O3. The largest absolute Gasteiger partial charge is 0.476 e. The molecule has 2 rings (SSSR count). The molecule has 112 valence electrons. The van der Waals surface area contributed by atoms with E-state index in [0.717, 1.165) is 0 Å². The fourth-order valence-corrected chi connectivity index (χ4v) is 1.83. The summed E-state index contributed by atoms with van der Waals surface area (Å²) in [5.74, 6) is -1.23. The predicted molar refractivity (Wildman–Crippen MR) is 74.1 cm³/mol. The maximum Gasteiger partial charge on any atom is 0.356 e. The number of amides is 1. The normalized spacial score (nSPS) is 10.5. The molecule has 0 saturated heterocycles. The molecule has 2 aromatic heterocycles. The zero-order chi connectivity index (χ0) is 15.2. The third-order valence-electron chi connectivity index (χ3n) is 2.69. The molecule has 0 radical (unpaired) electrons. The Balaban J connectivity index is 1.68. The van der Waals surface area contributed by atoms with E-state index in [1.54, 1.807) is 10.9 Å². The van der Waals surface area contributed by atoms with E-state index in [0.29, 0.717) is 24.7 Å². The van der Waals surface area contributed by atoms with Gasteiger partial charge >= 0.3 is 5.97 Å². The molecule has 2 heterocycles. The third-order valence-corrected chi connectivity index (χ3v) is 2.89. The number of aromatic nitrogens is 4. The standard InChI is InChI=1S/C12H14ClN5O3/c13-9-7-15-18(8-9)6-3-14-11(19)2-5-17-4-1-10(16-17)12(20)21/h1,4,7-8H,2-3,5-6H2,(H,14,19)(H,20,21). The van der Waals surface area contributed by atoms with Crippen LogP contribution < -0.4 is 5.32 Å². The van der Waals surface area contributed by atoms with E-state index < -0.39 is 5.97 Å². The number of hydrogen-bond donors (Lipinski definition) is 2. The first-order chi connectivity index (χ1) is 10.0. The first-order valence-electron chi connectivity index (χ1n) is 6.26. The van der Waals surface area contributed by atoms with Gasteiger partial charge in [-0.1, -0.05) is 11.6 Å². The molecule has 0 bridgehead atoms. The van der Waals surface area contributed by atoms with Crippen molar-refractivity contribution in [2.45, 2.75) is 19.5 Å². The molecule has 0 aliphatic rings. The molecule has 9 heteroatoms. The summed E-state index contributed by atoms with van der Waals surface area (Å²) < 4.78 is 3.06. The van der Waals surface area contributed by atoms with Gasteiger partial charge in [-0.3, -0.25) is 14.2 Å². The molecular weight excluding hydrogens is 298 g/mol. The lowest BCUT2D eigenvalue weighted by Crippen LogP contribution is -2.28. The summed E-state index contributed by atoms with van der Waals surface area (Å²) in [7, 11) is 0. The fourth-order valence-electron chi connectivity index (χ4n) is 1.68. The Morgan fingerprint density at radius 3 is 2.76 bits per heavy atom. The SMILES string of the molecule is O=C(CCn1ccc(C(=O)O)n1)NCCn1cc(Cl)cn1. The zero-order valence-electron chi connectivity index (χ0n) is 11.1. The van der Waals surface area contributed by atoms with E-state index in [-0.39, 0.29) is 18.0 Å². The molecule has 0 aromatic carbocycles. The minimum atomic E-state index is -1.09. The van der Waals surface area contributed by atoms with Gasteiger partial charge in [0.15, 0.2) is 5.69 Å². The van der Waals surface area contributed by atoms with Crippen molar-refractivity contribution in [3.05, 3.63) is 35.4 Å². The van der Waals surface area contributed by atoms with Crippen molar-refractivity contribution in [1.82, 2.24) is 24.9 Å². The number of carbonyl (C=O) groups excluding carboxylic acids is 1. The lowest BCUT2D eigenvalue weighted by Gasteiger charge is -2.05. The molecule has 1 amide bonds. The average Bonchev–Trinajstić information content (AvgIpc) is 3.05. The van der Waals surface area contributed by atoms with Gasteiger partial charge in [0.05, 0.1) is 17.8 Å². The number of halogens is 1. The zero-order valence-corrected chi connectivity index (χ0v) is 11.8. The van der Waals surface area contributed by atoms with Gasteiger partial charge in [0, 0.05) is 31.9 Å². The van der Waals surface area contributed by atoms with Crippen LogP contribution in [-0.4, -0.2) is 43.1 Å². The van der Waals surface area contributed by atoms with Crippen LogP contribution in [-0.2, 0) is 17.9 Å². The molecule has 21 heavy (non-hydrogen) atoms. The first kappa shape index (κ1) is 15.0. The second-order valence-electron chi connectivity index (χ2n) is 4.29. The van der Waals surface area contributed by atoms with Crippen LogP contribution in [0.3, 0.4) is 0 Å². The number of nitrogens with one attached hydrogen (secondary N) is 1. The van der Waals surface area contributed by atoms with Crippen LogP contribution >= 0.6 is 11.6 Å². The molecule has 0 aliphatic carbocycles. The van der Waals surface area contributed by atoms with Crippen molar-refractivity contribution in [1.29, 1.82) is 0 Å². The number of carboxylic acids is 1. The summed E-state index contributed by atoms with van der Waals surface area (Å²) in [4.78, 5) is 22.3.